The fourth-order valence-corrected chi connectivity index (χ4v) is 4.24. The Kier molecular flexibility index (Phi) is 5.08. The van der Waals surface area contributed by atoms with Gasteiger partial charge in [0, 0.05) is 25.5 Å². The van der Waals surface area contributed by atoms with Crippen LogP contribution in [0, 0.1) is 0 Å². The molecular formula is C20H12Br2N2O2S. The van der Waals surface area contributed by atoms with Gasteiger partial charge in [0.15, 0.2) is 5.78 Å². The zero-order valence-corrected chi connectivity index (χ0v) is 17.8. The lowest BCUT2D eigenvalue weighted by Gasteiger charge is -2.06. The summed E-state index contributed by atoms with van der Waals surface area (Å²) in [5, 5.41) is 2.48. The maximum absolute atomic E-state index is 13.0. The van der Waals surface area contributed by atoms with Gasteiger partial charge in [0.25, 0.3) is 5.56 Å². The summed E-state index contributed by atoms with van der Waals surface area (Å²) >= 11 is 8.20. The molecule has 0 spiro atoms. The average Bonchev–Trinajstić information content (AvgIpc) is 3.10. The van der Waals surface area contributed by atoms with Crippen LogP contribution in [-0.4, -0.2) is 15.3 Å². The van der Waals surface area contributed by atoms with Crippen LogP contribution in [0.4, 0.5) is 0 Å². The molecule has 0 saturated heterocycles. The summed E-state index contributed by atoms with van der Waals surface area (Å²) in [6.07, 6.45) is 1.45. The Balaban J connectivity index is 1.74. The van der Waals surface area contributed by atoms with Gasteiger partial charge in [0.05, 0.1) is 18.3 Å². The molecule has 0 aliphatic heterocycles. The maximum atomic E-state index is 13.0. The van der Waals surface area contributed by atoms with Crippen molar-refractivity contribution in [1.29, 1.82) is 0 Å². The molecule has 0 atom stereocenters. The summed E-state index contributed by atoms with van der Waals surface area (Å²) in [6.45, 7) is -0.0426. The van der Waals surface area contributed by atoms with Gasteiger partial charge in [-0.1, -0.05) is 56.1 Å². The number of nitrogens with zero attached hydrogens (tertiary/aromatic N) is 2. The number of benzene rings is 2. The first kappa shape index (κ1) is 18.3. The van der Waals surface area contributed by atoms with Crippen LogP contribution >= 0.6 is 43.2 Å². The molecule has 7 heteroatoms. The molecule has 0 bridgehead atoms. The number of thiophene rings is 1. The third kappa shape index (κ3) is 3.67. The highest BCUT2D eigenvalue weighted by molar-refractivity contribution is 9.10. The first-order valence-corrected chi connectivity index (χ1v) is 10.5. The van der Waals surface area contributed by atoms with Gasteiger partial charge >= 0.3 is 0 Å². The fraction of sp³-hybridized carbons (Fsp3) is 0.0500. The van der Waals surface area contributed by atoms with Crippen LogP contribution in [0.2, 0.25) is 0 Å². The Morgan fingerprint density at radius 1 is 1.00 bits per heavy atom. The zero-order valence-electron chi connectivity index (χ0n) is 13.9. The van der Waals surface area contributed by atoms with Crippen LogP contribution in [-0.2, 0) is 6.54 Å². The minimum Gasteiger partial charge on any atom is -0.292 e. The van der Waals surface area contributed by atoms with Crippen LogP contribution in [0.3, 0.4) is 0 Å². The number of Topliss-reactive ketones (excluding diaryl/α,β-unsaturated/α-hetero) is 1. The van der Waals surface area contributed by atoms with Crippen molar-refractivity contribution >= 4 is 59.2 Å². The van der Waals surface area contributed by atoms with E-state index in [1.165, 1.54) is 22.2 Å². The molecule has 2 heterocycles. The number of hydrogen-bond acceptors (Lipinski definition) is 4. The van der Waals surface area contributed by atoms with E-state index in [0.29, 0.717) is 15.8 Å². The Bertz CT molecular complexity index is 1200. The second kappa shape index (κ2) is 7.50. The van der Waals surface area contributed by atoms with E-state index in [4.69, 9.17) is 0 Å². The van der Waals surface area contributed by atoms with Crippen molar-refractivity contribution in [2.75, 3.05) is 0 Å². The van der Waals surface area contributed by atoms with Crippen molar-refractivity contribution in [1.82, 2.24) is 9.55 Å². The molecular weight excluding hydrogens is 492 g/mol. The van der Waals surface area contributed by atoms with Crippen LogP contribution in [0.5, 0.6) is 0 Å². The molecule has 0 aliphatic carbocycles. The maximum Gasteiger partial charge on any atom is 0.263 e. The summed E-state index contributed by atoms with van der Waals surface area (Å²) in [6, 6.07) is 14.9. The van der Waals surface area contributed by atoms with Crippen molar-refractivity contribution in [2.24, 2.45) is 0 Å². The summed E-state index contributed by atoms with van der Waals surface area (Å²) in [5.74, 6) is -0.133. The summed E-state index contributed by atoms with van der Waals surface area (Å²) in [5.41, 5.74) is 2.14. The molecule has 0 amide bonds. The van der Waals surface area contributed by atoms with Crippen LogP contribution in [0.1, 0.15) is 10.4 Å². The second-order valence-corrected chi connectivity index (χ2v) is 8.63. The highest BCUT2D eigenvalue weighted by atomic mass is 79.9. The number of ketones is 1. The number of carbonyl (C=O) groups excluding carboxylic acids is 1. The Morgan fingerprint density at radius 2 is 1.63 bits per heavy atom. The number of hydrogen-bond donors (Lipinski definition) is 0. The molecule has 4 aromatic rings. The SMILES string of the molecule is O=C(Cn1cnc2scc(-c3ccc(Br)cc3)c2c1=O)c1ccc(Br)cc1. The topological polar surface area (TPSA) is 52.0 Å². The van der Waals surface area contributed by atoms with Crippen LogP contribution in [0.15, 0.2) is 74.0 Å². The normalized spacial score (nSPS) is 11.0. The molecule has 27 heavy (non-hydrogen) atoms. The van der Waals surface area contributed by atoms with Crippen molar-refractivity contribution in [2.45, 2.75) is 6.54 Å². The van der Waals surface area contributed by atoms with Gasteiger partial charge in [0.1, 0.15) is 4.83 Å². The third-order valence-electron chi connectivity index (χ3n) is 4.20. The predicted molar refractivity (Wildman–Crippen MR) is 115 cm³/mol. The average molecular weight is 504 g/mol. The number of fused-ring (bicyclic) bond motifs is 1. The minimum atomic E-state index is -0.204. The number of carbonyl (C=O) groups is 1. The quantitative estimate of drug-likeness (QED) is 0.344. The molecule has 2 aromatic heterocycles. The predicted octanol–water partition coefficient (Wildman–Crippen LogP) is 5.53. The molecule has 0 saturated carbocycles. The molecule has 4 nitrogen and oxygen atoms in total. The van der Waals surface area contributed by atoms with Gasteiger partial charge in [-0.15, -0.1) is 11.3 Å². The van der Waals surface area contributed by atoms with E-state index in [9.17, 15) is 9.59 Å². The highest BCUT2D eigenvalue weighted by Gasteiger charge is 2.15. The summed E-state index contributed by atoms with van der Waals surface area (Å²) in [4.78, 5) is 30.6. The lowest BCUT2D eigenvalue weighted by Crippen LogP contribution is -2.24. The lowest BCUT2D eigenvalue weighted by molar-refractivity contribution is 0.0970. The van der Waals surface area contributed by atoms with Crippen LogP contribution < -0.4 is 5.56 Å². The van der Waals surface area contributed by atoms with Crippen molar-refractivity contribution in [3.8, 4) is 11.1 Å². The number of halogens is 2. The van der Waals surface area contributed by atoms with Gasteiger partial charge in [-0.05, 0) is 29.8 Å². The minimum absolute atomic E-state index is 0.0426. The van der Waals surface area contributed by atoms with Crippen LogP contribution in [0.25, 0.3) is 21.3 Å². The zero-order chi connectivity index (χ0) is 19.0. The first-order valence-electron chi connectivity index (χ1n) is 8.04. The third-order valence-corrected chi connectivity index (χ3v) is 6.14. The molecule has 0 unspecified atom stereocenters. The molecule has 0 radical (unpaired) electrons. The molecule has 2 aromatic carbocycles. The van der Waals surface area contributed by atoms with Crippen molar-refractivity contribution in [3.05, 3.63) is 85.1 Å². The number of aromatic nitrogens is 2. The lowest BCUT2D eigenvalue weighted by atomic mass is 10.1. The first-order chi connectivity index (χ1) is 13.0. The van der Waals surface area contributed by atoms with Gasteiger partial charge < -0.3 is 0 Å². The Morgan fingerprint density at radius 3 is 2.30 bits per heavy atom. The smallest absolute Gasteiger partial charge is 0.263 e. The van der Waals surface area contributed by atoms with E-state index in [2.05, 4.69) is 36.8 Å². The van der Waals surface area contributed by atoms with E-state index < -0.39 is 0 Å². The van der Waals surface area contributed by atoms with Gasteiger partial charge in [0.2, 0.25) is 0 Å². The van der Waals surface area contributed by atoms with Gasteiger partial charge in [-0.3, -0.25) is 14.2 Å². The van der Waals surface area contributed by atoms with E-state index in [0.717, 1.165) is 20.1 Å². The summed E-state index contributed by atoms with van der Waals surface area (Å²) < 4.78 is 3.25. The number of rotatable bonds is 4. The molecule has 0 aliphatic rings. The standard InChI is InChI=1S/C20H12Br2N2O2S/c21-14-5-1-12(2-6-14)16-10-27-19-18(16)20(26)24(11-23-19)9-17(25)13-3-7-15(22)8-4-13/h1-8,10-11H,9H2. The highest BCUT2D eigenvalue weighted by Crippen LogP contribution is 2.31. The molecule has 0 N–H and O–H groups in total. The summed E-state index contributed by atoms with van der Waals surface area (Å²) in [7, 11) is 0. The molecule has 134 valence electrons. The second-order valence-electron chi connectivity index (χ2n) is 5.94. The monoisotopic (exact) mass is 502 g/mol. The van der Waals surface area contributed by atoms with E-state index in [1.54, 1.807) is 12.1 Å². The van der Waals surface area contributed by atoms with Crippen molar-refractivity contribution < 1.29 is 4.79 Å². The largest absolute Gasteiger partial charge is 0.292 e. The van der Waals surface area contributed by atoms with E-state index in [1.807, 2.05) is 41.8 Å². The van der Waals surface area contributed by atoms with E-state index >= 15 is 0 Å². The fourth-order valence-electron chi connectivity index (χ4n) is 2.80. The molecule has 4 rings (SSSR count). The van der Waals surface area contributed by atoms with Gasteiger partial charge in [-0.2, -0.15) is 0 Å². The Labute approximate surface area is 175 Å². The molecule has 0 fully saturated rings. The van der Waals surface area contributed by atoms with Crippen molar-refractivity contribution in [3.63, 3.8) is 0 Å². The Hall–Kier alpha value is -2.09. The van der Waals surface area contributed by atoms with Gasteiger partial charge in [-0.25, -0.2) is 4.98 Å². The van der Waals surface area contributed by atoms with E-state index in [-0.39, 0.29) is 17.9 Å².